The fraction of sp³-hybridized carbons (Fsp3) is 0.350. The Kier molecular flexibility index (Phi) is 8.43. The van der Waals surface area contributed by atoms with Crippen LogP contribution in [0.3, 0.4) is 0 Å². The van der Waals surface area contributed by atoms with Gasteiger partial charge in [0.05, 0.1) is 6.54 Å². The van der Waals surface area contributed by atoms with Crippen LogP contribution in [-0.2, 0) is 4.74 Å². The Morgan fingerprint density at radius 2 is 1.54 bits per heavy atom. The number of hydrogen-bond donors (Lipinski definition) is 1. The Morgan fingerprint density at radius 3 is 2.07 bits per heavy atom. The van der Waals surface area contributed by atoms with Crippen LogP contribution in [0.25, 0.3) is 0 Å². The number of methoxy groups -OCH3 is 1. The van der Waals surface area contributed by atoms with E-state index in [-0.39, 0.29) is 41.7 Å². The van der Waals surface area contributed by atoms with Crippen LogP contribution >= 0.6 is 24.0 Å². The van der Waals surface area contributed by atoms with Crippen LogP contribution < -0.4 is 10.6 Å². The number of piperazine rings is 1. The van der Waals surface area contributed by atoms with Crippen LogP contribution in [0.5, 0.6) is 0 Å². The first-order valence-corrected chi connectivity index (χ1v) is 8.90. The lowest BCUT2D eigenvalue weighted by Crippen LogP contribution is -2.51. The van der Waals surface area contributed by atoms with Gasteiger partial charge in [-0.3, -0.25) is 4.99 Å². The monoisotopic (exact) mass is 502 g/mol. The standard InChI is InChI=1S/C20H24F2N4O.HI/c1-27-19(15-2-4-16(21)5-3-15)14-24-20(23)26-12-10-25(11-13-26)18-8-6-17(22)7-9-18;/h2-9,19H,10-14H2,1H3,(H2,23,24);1H. The maximum Gasteiger partial charge on any atom is 0.191 e. The number of nitrogens with zero attached hydrogens (tertiary/aromatic N) is 3. The molecule has 0 saturated carbocycles. The van der Waals surface area contributed by atoms with E-state index in [1.807, 2.05) is 4.90 Å². The number of aliphatic imine (C=N–C) groups is 1. The van der Waals surface area contributed by atoms with Crippen molar-refractivity contribution in [1.82, 2.24) is 4.90 Å². The van der Waals surface area contributed by atoms with Crippen LogP contribution in [0.2, 0.25) is 0 Å². The molecule has 1 aliphatic rings. The summed E-state index contributed by atoms with van der Waals surface area (Å²) in [6.45, 7) is 3.41. The fourth-order valence-corrected chi connectivity index (χ4v) is 3.12. The molecule has 0 amide bonds. The Bertz CT molecular complexity index is 763. The lowest BCUT2D eigenvalue weighted by molar-refractivity contribution is 0.110. The molecule has 28 heavy (non-hydrogen) atoms. The first-order valence-electron chi connectivity index (χ1n) is 8.90. The number of benzene rings is 2. The van der Waals surface area contributed by atoms with Crippen molar-refractivity contribution in [2.24, 2.45) is 10.7 Å². The lowest BCUT2D eigenvalue weighted by Gasteiger charge is -2.36. The molecule has 1 unspecified atom stereocenters. The number of nitrogens with two attached hydrogens (primary N) is 1. The molecule has 0 bridgehead atoms. The predicted molar refractivity (Wildman–Crippen MR) is 118 cm³/mol. The highest BCUT2D eigenvalue weighted by molar-refractivity contribution is 14.0. The third-order valence-corrected chi connectivity index (χ3v) is 4.74. The van der Waals surface area contributed by atoms with Gasteiger partial charge in [0.25, 0.3) is 0 Å². The molecule has 3 rings (SSSR count). The molecule has 1 atom stereocenters. The van der Waals surface area contributed by atoms with E-state index in [1.165, 1.54) is 24.3 Å². The minimum atomic E-state index is -0.282. The van der Waals surface area contributed by atoms with E-state index < -0.39 is 0 Å². The molecule has 0 spiro atoms. The summed E-state index contributed by atoms with van der Waals surface area (Å²) in [5.41, 5.74) is 8.01. The van der Waals surface area contributed by atoms with Crippen molar-refractivity contribution in [1.29, 1.82) is 0 Å². The first kappa shape index (κ1) is 22.4. The quantitative estimate of drug-likeness (QED) is 0.387. The van der Waals surface area contributed by atoms with E-state index >= 15 is 0 Å². The van der Waals surface area contributed by atoms with Crippen molar-refractivity contribution in [2.45, 2.75) is 6.10 Å². The zero-order valence-electron chi connectivity index (χ0n) is 15.7. The second kappa shape index (κ2) is 10.6. The average Bonchev–Trinajstić information content (AvgIpc) is 2.70. The van der Waals surface area contributed by atoms with Gasteiger partial charge in [-0.25, -0.2) is 8.78 Å². The van der Waals surface area contributed by atoms with Gasteiger partial charge in [-0.15, -0.1) is 24.0 Å². The van der Waals surface area contributed by atoms with Gasteiger partial charge < -0.3 is 20.3 Å². The summed E-state index contributed by atoms with van der Waals surface area (Å²) in [5.74, 6) is -0.0452. The van der Waals surface area contributed by atoms with Crippen molar-refractivity contribution in [3.63, 3.8) is 0 Å². The van der Waals surface area contributed by atoms with Crippen molar-refractivity contribution < 1.29 is 13.5 Å². The second-order valence-electron chi connectivity index (χ2n) is 6.43. The molecule has 1 fully saturated rings. The molecular weight excluding hydrogens is 477 g/mol. The largest absolute Gasteiger partial charge is 0.375 e. The molecule has 2 N–H and O–H groups in total. The maximum absolute atomic E-state index is 13.1. The molecule has 0 radical (unpaired) electrons. The van der Waals surface area contributed by atoms with Gasteiger partial charge in [0.1, 0.15) is 17.7 Å². The van der Waals surface area contributed by atoms with Gasteiger partial charge in [0.15, 0.2) is 5.96 Å². The Labute approximate surface area is 181 Å². The fourth-order valence-electron chi connectivity index (χ4n) is 3.12. The minimum absolute atomic E-state index is 0. The summed E-state index contributed by atoms with van der Waals surface area (Å²) in [6.07, 6.45) is -0.273. The summed E-state index contributed by atoms with van der Waals surface area (Å²) >= 11 is 0. The smallest absolute Gasteiger partial charge is 0.191 e. The van der Waals surface area contributed by atoms with E-state index in [1.54, 1.807) is 31.4 Å². The third-order valence-electron chi connectivity index (χ3n) is 4.74. The lowest BCUT2D eigenvalue weighted by atomic mass is 10.1. The molecule has 1 aliphatic heterocycles. The molecule has 8 heteroatoms. The minimum Gasteiger partial charge on any atom is -0.375 e. The first-order chi connectivity index (χ1) is 13.1. The van der Waals surface area contributed by atoms with Gasteiger partial charge in [0.2, 0.25) is 0 Å². The van der Waals surface area contributed by atoms with Gasteiger partial charge >= 0.3 is 0 Å². The molecule has 0 aromatic heterocycles. The predicted octanol–water partition coefficient (Wildman–Crippen LogP) is 3.41. The van der Waals surface area contributed by atoms with Crippen molar-refractivity contribution >= 4 is 35.6 Å². The van der Waals surface area contributed by atoms with Gasteiger partial charge in [-0.05, 0) is 42.0 Å². The summed E-state index contributed by atoms with van der Waals surface area (Å²) in [6, 6.07) is 12.7. The molecule has 5 nitrogen and oxygen atoms in total. The van der Waals surface area contributed by atoms with E-state index in [0.717, 1.165) is 37.4 Å². The summed E-state index contributed by atoms with van der Waals surface area (Å²) in [5, 5.41) is 0. The highest BCUT2D eigenvalue weighted by atomic mass is 127. The number of ether oxygens (including phenoxy) is 1. The number of guanidine groups is 1. The summed E-state index contributed by atoms with van der Waals surface area (Å²) in [4.78, 5) is 8.68. The summed E-state index contributed by atoms with van der Waals surface area (Å²) < 4.78 is 31.6. The van der Waals surface area contributed by atoms with Crippen LogP contribution in [0, 0.1) is 11.6 Å². The molecule has 2 aromatic carbocycles. The molecule has 2 aromatic rings. The normalized spacial score (nSPS) is 15.9. The van der Waals surface area contributed by atoms with Gasteiger partial charge in [-0.2, -0.15) is 0 Å². The zero-order valence-corrected chi connectivity index (χ0v) is 18.1. The van der Waals surface area contributed by atoms with Crippen molar-refractivity contribution in [2.75, 3.05) is 44.7 Å². The maximum atomic E-state index is 13.1. The van der Waals surface area contributed by atoms with Gasteiger partial charge in [0, 0.05) is 39.0 Å². The average molecular weight is 502 g/mol. The van der Waals surface area contributed by atoms with Crippen LogP contribution in [-0.4, -0.2) is 50.7 Å². The van der Waals surface area contributed by atoms with E-state index in [9.17, 15) is 8.78 Å². The Balaban J connectivity index is 0.00000280. The van der Waals surface area contributed by atoms with E-state index in [4.69, 9.17) is 10.5 Å². The third kappa shape index (κ3) is 5.78. The molecule has 0 aliphatic carbocycles. The van der Waals surface area contributed by atoms with Crippen LogP contribution in [0.15, 0.2) is 53.5 Å². The zero-order chi connectivity index (χ0) is 19.2. The van der Waals surface area contributed by atoms with Crippen molar-refractivity contribution in [3.8, 4) is 0 Å². The van der Waals surface area contributed by atoms with E-state index in [0.29, 0.717) is 12.5 Å². The molecular formula is C20H25F2IN4O. The SMILES string of the molecule is COC(CN=C(N)N1CCN(c2ccc(F)cc2)CC1)c1ccc(F)cc1.I. The number of rotatable bonds is 5. The highest BCUT2D eigenvalue weighted by Gasteiger charge is 2.19. The number of halogens is 3. The van der Waals surface area contributed by atoms with Crippen LogP contribution in [0.4, 0.5) is 14.5 Å². The number of anilines is 1. The Hall–Kier alpha value is -1.94. The molecule has 1 saturated heterocycles. The Morgan fingerprint density at radius 1 is 1.00 bits per heavy atom. The second-order valence-corrected chi connectivity index (χ2v) is 6.43. The topological polar surface area (TPSA) is 54.1 Å². The molecule has 1 heterocycles. The summed E-state index contributed by atoms with van der Waals surface area (Å²) in [7, 11) is 1.60. The van der Waals surface area contributed by atoms with E-state index in [2.05, 4.69) is 9.89 Å². The highest BCUT2D eigenvalue weighted by Crippen LogP contribution is 2.19. The molecule has 152 valence electrons. The number of hydrogen-bond acceptors (Lipinski definition) is 3. The van der Waals surface area contributed by atoms with Gasteiger partial charge in [-0.1, -0.05) is 12.1 Å². The van der Waals surface area contributed by atoms with Crippen LogP contribution in [0.1, 0.15) is 11.7 Å². The van der Waals surface area contributed by atoms with Crippen molar-refractivity contribution in [3.05, 3.63) is 65.7 Å².